The summed E-state index contributed by atoms with van der Waals surface area (Å²) in [6.07, 6.45) is 3.26. The van der Waals surface area contributed by atoms with Gasteiger partial charge in [0.05, 0.1) is 0 Å². The topological polar surface area (TPSA) is 26.0 Å². The first-order valence-corrected chi connectivity index (χ1v) is 5.53. The third kappa shape index (κ3) is 4.18. The maximum Gasteiger partial charge on any atom is 0.00888 e. The lowest BCUT2D eigenvalue weighted by molar-refractivity contribution is 0.607. The van der Waals surface area contributed by atoms with Crippen LogP contribution in [0.2, 0.25) is 0 Å². The van der Waals surface area contributed by atoms with E-state index in [4.69, 9.17) is 5.73 Å². The maximum absolute atomic E-state index is 5.78. The van der Waals surface area contributed by atoms with E-state index in [2.05, 4.69) is 36.1 Å². The van der Waals surface area contributed by atoms with Crippen molar-refractivity contribution in [1.82, 2.24) is 0 Å². The number of unbranched alkanes of at least 4 members (excludes halogenated alkanes) is 1. The van der Waals surface area contributed by atoms with Gasteiger partial charge in [0.2, 0.25) is 0 Å². The van der Waals surface area contributed by atoms with E-state index < -0.39 is 0 Å². The predicted octanol–water partition coefficient (Wildman–Crippen LogP) is 2.92. The molecular weight excluding hydrogens is 182 g/mol. The average Bonchev–Trinajstić information content (AvgIpc) is 2.30. The van der Waals surface area contributed by atoms with E-state index in [1.165, 1.54) is 5.56 Å². The van der Waals surface area contributed by atoms with Crippen molar-refractivity contribution < 1.29 is 0 Å². The third-order valence-electron chi connectivity index (χ3n) is 2.59. The zero-order valence-electron chi connectivity index (χ0n) is 9.37. The summed E-state index contributed by atoms with van der Waals surface area (Å²) in [6, 6.07) is 10.5. The summed E-state index contributed by atoms with van der Waals surface area (Å²) in [4.78, 5) is 0. The molecule has 1 unspecified atom stereocenters. The number of hydrogen-bond donors (Lipinski definition) is 1. The van der Waals surface area contributed by atoms with Crippen LogP contribution in [0, 0.1) is 11.8 Å². The third-order valence-corrected chi connectivity index (χ3v) is 2.59. The molecule has 80 valence electrons. The van der Waals surface area contributed by atoms with Gasteiger partial charge in [-0.15, -0.1) is 11.8 Å². The lowest BCUT2D eigenvalue weighted by atomic mass is 9.94. The highest BCUT2D eigenvalue weighted by atomic mass is 14.5. The largest absolute Gasteiger partial charge is 0.330 e. The van der Waals surface area contributed by atoms with Crippen LogP contribution in [-0.2, 0) is 0 Å². The predicted molar refractivity (Wildman–Crippen MR) is 65.5 cm³/mol. The molecule has 0 aliphatic rings. The van der Waals surface area contributed by atoms with Gasteiger partial charge in [-0.1, -0.05) is 30.3 Å². The summed E-state index contributed by atoms with van der Waals surface area (Å²) in [6.45, 7) is 2.61. The first-order chi connectivity index (χ1) is 7.38. The molecule has 1 aromatic rings. The molecule has 1 heteroatoms. The highest BCUT2D eigenvalue weighted by molar-refractivity contribution is 5.19. The van der Waals surface area contributed by atoms with Crippen molar-refractivity contribution in [3.63, 3.8) is 0 Å². The van der Waals surface area contributed by atoms with E-state index in [1.54, 1.807) is 0 Å². The summed E-state index contributed by atoms with van der Waals surface area (Å²) >= 11 is 0. The minimum Gasteiger partial charge on any atom is -0.330 e. The normalized spacial score (nSPS) is 11.6. The summed E-state index contributed by atoms with van der Waals surface area (Å²) < 4.78 is 0. The lowest BCUT2D eigenvalue weighted by Gasteiger charge is -2.13. The van der Waals surface area contributed by atoms with Crippen molar-refractivity contribution in [1.29, 1.82) is 0 Å². The highest BCUT2D eigenvalue weighted by Crippen LogP contribution is 2.20. The zero-order valence-corrected chi connectivity index (χ0v) is 9.37. The highest BCUT2D eigenvalue weighted by Gasteiger charge is 2.07. The Hall–Kier alpha value is -1.26. The first-order valence-electron chi connectivity index (χ1n) is 5.53. The number of hydrogen-bond acceptors (Lipinski definition) is 1. The Morgan fingerprint density at radius 3 is 2.60 bits per heavy atom. The van der Waals surface area contributed by atoms with E-state index >= 15 is 0 Å². The van der Waals surface area contributed by atoms with Gasteiger partial charge in [0.25, 0.3) is 0 Å². The molecule has 0 aliphatic heterocycles. The van der Waals surface area contributed by atoms with E-state index in [9.17, 15) is 0 Å². The van der Waals surface area contributed by atoms with Crippen molar-refractivity contribution in [3.05, 3.63) is 35.9 Å². The molecule has 0 saturated carbocycles. The van der Waals surface area contributed by atoms with Crippen LogP contribution in [0.5, 0.6) is 0 Å². The van der Waals surface area contributed by atoms with Crippen LogP contribution in [0.4, 0.5) is 0 Å². The van der Waals surface area contributed by atoms with Gasteiger partial charge in [-0.3, -0.25) is 0 Å². The van der Waals surface area contributed by atoms with Gasteiger partial charge in [-0.25, -0.2) is 0 Å². The Kier molecular flexibility index (Phi) is 5.58. The molecule has 2 N–H and O–H groups in total. The van der Waals surface area contributed by atoms with Crippen LogP contribution >= 0.6 is 0 Å². The fourth-order valence-corrected chi connectivity index (χ4v) is 1.71. The molecule has 0 heterocycles. The molecule has 1 aromatic carbocycles. The summed E-state index contributed by atoms with van der Waals surface area (Å²) in [5.41, 5.74) is 7.13. The van der Waals surface area contributed by atoms with E-state index in [0.717, 1.165) is 25.8 Å². The monoisotopic (exact) mass is 201 g/mol. The molecule has 1 atom stereocenters. The Balaban J connectivity index is 2.45. The zero-order chi connectivity index (χ0) is 10.9. The number of rotatable bonds is 5. The van der Waals surface area contributed by atoms with E-state index in [-0.39, 0.29) is 0 Å². The van der Waals surface area contributed by atoms with Gasteiger partial charge >= 0.3 is 0 Å². The Morgan fingerprint density at radius 2 is 2.00 bits per heavy atom. The molecule has 1 nitrogen and oxygen atoms in total. The minimum absolute atomic E-state index is 0.491. The van der Waals surface area contributed by atoms with Crippen LogP contribution in [-0.4, -0.2) is 6.54 Å². The quantitative estimate of drug-likeness (QED) is 0.575. The van der Waals surface area contributed by atoms with Crippen molar-refractivity contribution in [3.8, 4) is 11.8 Å². The SMILES string of the molecule is CC#CCCCC(CN)c1ccccc1. The van der Waals surface area contributed by atoms with Gasteiger partial charge in [0.1, 0.15) is 0 Å². The number of benzene rings is 1. The standard InChI is InChI=1S/C14H19N/c1-2-3-4-6-11-14(12-15)13-9-7-5-8-10-13/h5,7-10,14H,4,6,11-12,15H2,1H3. The van der Waals surface area contributed by atoms with Gasteiger partial charge in [0.15, 0.2) is 0 Å². The molecule has 0 radical (unpaired) electrons. The second-order valence-electron chi connectivity index (χ2n) is 3.66. The molecule has 0 aliphatic carbocycles. The fraction of sp³-hybridized carbons (Fsp3) is 0.429. The molecule has 1 rings (SSSR count). The van der Waals surface area contributed by atoms with E-state index in [0.29, 0.717) is 5.92 Å². The van der Waals surface area contributed by atoms with Gasteiger partial charge in [0, 0.05) is 6.42 Å². The van der Waals surface area contributed by atoms with Crippen molar-refractivity contribution in [2.45, 2.75) is 32.1 Å². The Bertz CT molecular complexity index is 318. The number of nitrogens with two attached hydrogens (primary N) is 1. The van der Waals surface area contributed by atoms with Gasteiger partial charge < -0.3 is 5.73 Å². The van der Waals surface area contributed by atoms with E-state index in [1.807, 2.05) is 13.0 Å². The van der Waals surface area contributed by atoms with Crippen LogP contribution in [0.1, 0.15) is 37.7 Å². The van der Waals surface area contributed by atoms with Gasteiger partial charge in [-0.05, 0) is 37.8 Å². The van der Waals surface area contributed by atoms with Crippen LogP contribution < -0.4 is 5.73 Å². The molecule has 0 fully saturated rings. The summed E-state index contributed by atoms with van der Waals surface area (Å²) in [5.74, 6) is 6.50. The maximum atomic E-state index is 5.78. The molecule has 0 amide bonds. The fourth-order valence-electron chi connectivity index (χ4n) is 1.71. The Morgan fingerprint density at radius 1 is 1.27 bits per heavy atom. The van der Waals surface area contributed by atoms with Crippen LogP contribution in [0.3, 0.4) is 0 Å². The van der Waals surface area contributed by atoms with Crippen molar-refractivity contribution in [2.24, 2.45) is 5.73 Å². The van der Waals surface area contributed by atoms with Crippen LogP contribution in [0.25, 0.3) is 0 Å². The van der Waals surface area contributed by atoms with Gasteiger partial charge in [-0.2, -0.15) is 0 Å². The molecule has 0 bridgehead atoms. The molecule has 15 heavy (non-hydrogen) atoms. The lowest BCUT2D eigenvalue weighted by Crippen LogP contribution is -2.12. The van der Waals surface area contributed by atoms with Crippen LogP contribution in [0.15, 0.2) is 30.3 Å². The molecule has 0 spiro atoms. The second kappa shape index (κ2) is 7.09. The molecule has 0 aromatic heterocycles. The minimum atomic E-state index is 0.491. The first kappa shape index (κ1) is 11.8. The Labute approximate surface area is 92.7 Å². The summed E-state index contributed by atoms with van der Waals surface area (Å²) in [5, 5.41) is 0. The second-order valence-corrected chi connectivity index (χ2v) is 3.66. The average molecular weight is 201 g/mol. The molecular formula is C14H19N. The smallest absolute Gasteiger partial charge is 0.00888 e. The molecule has 0 saturated heterocycles. The van der Waals surface area contributed by atoms with Crippen molar-refractivity contribution in [2.75, 3.05) is 6.54 Å². The summed E-state index contributed by atoms with van der Waals surface area (Å²) in [7, 11) is 0. The van der Waals surface area contributed by atoms with Crippen molar-refractivity contribution >= 4 is 0 Å².